The van der Waals surface area contributed by atoms with Gasteiger partial charge >= 0.3 is 0 Å². The average molecular weight is 933 g/mol. The van der Waals surface area contributed by atoms with Gasteiger partial charge in [0, 0.05) is 103 Å². The first-order chi connectivity index (χ1) is 31.8. The number of β-amino-alcohol motifs (C(OH)–C–C–N with tert-alkyl or cyclic N) is 1. The second kappa shape index (κ2) is 21.9. The summed E-state index contributed by atoms with van der Waals surface area (Å²) in [6, 6.07) is 22.1. The summed E-state index contributed by atoms with van der Waals surface area (Å²) in [4.78, 5) is 50.6. The molecule has 0 bridgehead atoms. The van der Waals surface area contributed by atoms with Gasteiger partial charge in [0.15, 0.2) is 5.78 Å². The monoisotopic (exact) mass is 931 g/mol. The van der Waals surface area contributed by atoms with Gasteiger partial charge in [-0.05, 0) is 72.2 Å². The normalized spacial score (nSPS) is 19.9. The molecule has 6 rings (SSSR count). The Balaban J connectivity index is 0.877. The number of rotatable bonds is 21. The number of aliphatic hydroxyl groups is 1. The Bertz CT molecular complexity index is 2380. The average Bonchev–Trinajstić information content (AvgIpc) is 3.70. The molecule has 0 unspecified atom stereocenters. The molecular formula is C53H66ClN7O6. The van der Waals surface area contributed by atoms with Crippen molar-refractivity contribution >= 4 is 34.9 Å². The van der Waals surface area contributed by atoms with Crippen molar-refractivity contribution in [3.63, 3.8) is 0 Å². The number of aromatic nitrogens is 2. The molecule has 2 fully saturated rings. The van der Waals surface area contributed by atoms with E-state index in [1.165, 1.54) is 6.33 Å². The van der Waals surface area contributed by atoms with Crippen molar-refractivity contribution in [1.29, 1.82) is 5.26 Å². The molecule has 2 amide bonds. The number of hydrogen-bond donors (Lipinski definition) is 4. The number of aliphatic hydroxyl groups excluding tert-OH is 1. The molecule has 67 heavy (non-hydrogen) atoms. The summed E-state index contributed by atoms with van der Waals surface area (Å²) in [5.41, 5.74) is 4.26. The van der Waals surface area contributed by atoms with E-state index in [-0.39, 0.29) is 60.1 Å². The van der Waals surface area contributed by atoms with Crippen molar-refractivity contribution < 1.29 is 29.0 Å². The van der Waals surface area contributed by atoms with Gasteiger partial charge in [-0.3, -0.25) is 14.4 Å². The predicted molar refractivity (Wildman–Crippen MR) is 261 cm³/mol. The third-order valence-corrected chi connectivity index (χ3v) is 13.6. The van der Waals surface area contributed by atoms with Gasteiger partial charge in [0.2, 0.25) is 5.91 Å². The Morgan fingerprint density at radius 1 is 0.970 bits per heavy atom. The number of hydrogen-bond acceptors (Lipinski definition) is 11. The van der Waals surface area contributed by atoms with Crippen LogP contribution in [0.4, 0.5) is 5.69 Å². The molecule has 1 aliphatic heterocycles. The van der Waals surface area contributed by atoms with E-state index < -0.39 is 23.5 Å². The van der Waals surface area contributed by atoms with E-state index in [4.69, 9.17) is 21.1 Å². The lowest BCUT2D eigenvalue weighted by Gasteiger charge is -2.63. The van der Waals surface area contributed by atoms with Crippen molar-refractivity contribution in [2.75, 3.05) is 31.6 Å². The lowest BCUT2D eigenvalue weighted by Crippen LogP contribution is -2.74. The summed E-state index contributed by atoms with van der Waals surface area (Å²) in [6.07, 6.45) is 7.15. The Morgan fingerprint density at radius 3 is 2.30 bits per heavy atom. The van der Waals surface area contributed by atoms with Crippen molar-refractivity contribution in [2.45, 2.75) is 111 Å². The van der Waals surface area contributed by atoms with Crippen molar-refractivity contribution in [3.05, 3.63) is 119 Å². The topological polar surface area (TPSA) is 179 Å². The van der Waals surface area contributed by atoms with E-state index in [9.17, 15) is 24.8 Å². The number of ketones is 1. The number of unbranched alkanes of at least 4 members (excludes halogenated alkanes) is 2. The predicted octanol–water partition coefficient (Wildman–Crippen LogP) is 8.77. The molecule has 2 aliphatic rings. The Morgan fingerprint density at radius 2 is 1.66 bits per heavy atom. The van der Waals surface area contributed by atoms with Gasteiger partial charge < -0.3 is 35.4 Å². The number of carbonyl (C=O) groups excluding carboxylic acids is 3. The highest BCUT2D eigenvalue weighted by Crippen LogP contribution is 2.55. The number of amides is 2. The maximum absolute atomic E-state index is 14.1. The molecule has 13 nitrogen and oxygen atoms in total. The molecule has 4 N–H and O–H groups in total. The molecule has 1 aromatic heterocycles. The zero-order chi connectivity index (χ0) is 48.5. The molecule has 14 heteroatoms. The Kier molecular flexibility index (Phi) is 16.5. The van der Waals surface area contributed by atoms with Crippen molar-refractivity contribution in [2.24, 2.45) is 22.2 Å². The van der Waals surface area contributed by atoms with E-state index in [1.807, 2.05) is 69.3 Å². The lowest BCUT2D eigenvalue weighted by molar-refractivity contribution is -0.164. The molecule has 3 atom stereocenters. The summed E-state index contributed by atoms with van der Waals surface area (Å²) in [7, 11) is 0. The van der Waals surface area contributed by atoms with Gasteiger partial charge in [-0.25, -0.2) is 9.97 Å². The summed E-state index contributed by atoms with van der Waals surface area (Å²) in [5, 5.41) is 30.3. The van der Waals surface area contributed by atoms with Crippen LogP contribution in [0.15, 0.2) is 97.7 Å². The maximum Gasteiger partial charge on any atom is 0.251 e. The molecular weight excluding hydrogens is 866 g/mol. The van der Waals surface area contributed by atoms with E-state index >= 15 is 0 Å². The van der Waals surface area contributed by atoms with Crippen molar-refractivity contribution in [3.8, 4) is 22.9 Å². The molecule has 3 aromatic carbocycles. The second-order valence-corrected chi connectivity index (χ2v) is 20.6. The van der Waals surface area contributed by atoms with Crippen molar-refractivity contribution in [1.82, 2.24) is 25.5 Å². The molecule has 0 spiro atoms. The fourth-order valence-electron chi connectivity index (χ4n) is 9.71. The van der Waals surface area contributed by atoms with Gasteiger partial charge in [0.25, 0.3) is 5.91 Å². The van der Waals surface area contributed by atoms with Gasteiger partial charge in [-0.15, -0.1) is 0 Å². The number of nitrogens with one attached hydrogen (secondary N) is 3. The fraction of sp³-hybridized carbons (Fsp3) is 0.472. The van der Waals surface area contributed by atoms with Crippen LogP contribution in [0.5, 0.6) is 5.75 Å². The minimum atomic E-state index is -0.687. The van der Waals surface area contributed by atoms with Crippen LogP contribution in [0.25, 0.3) is 11.1 Å². The molecule has 1 saturated carbocycles. The fourth-order valence-corrected chi connectivity index (χ4v) is 9.92. The summed E-state index contributed by atoms with van der Waals surface area (Å²) >= 11 is 6.24. The summed E-state index contributed by atoms with van der Waals surface area (Å²) < 4.78 is 12.1. The van der Waals surface area contributed by atoms with Gasteiger partial charge in [-0.2, -0.15) is 5.26 Å². The van der Waals surface area contributed by atoms with Gasteiger partial charge in [0.05, 0.1) is 22.7 Å². The number of ether oxygens (including phenoxy) is 2. The van der Waals surface area contributed by atoms with Gasteiger partial charge in [0.1, 0.15) is 30.9 Å². The van der Waals surface area contributed by atoms with Gasteiger partial charge in [-0.1, -0.05) is 90.9 Å². The highest BCUT2D eigenvalue weighted by molar-refractivity contribution is 6.31. The summed E-state index contributed by atoms with van der Waals surface area (Å²) in [5.74, 6) is -0.454. The number of benzene rings is 3. The third kappa shape index (κ3) is 12.6. The number of likely N-dealkylation sites (tertiary alicyclic amines) is 1. The first kappa shape index (κ1) is 50.6. The van der Waals surface area contributed by atoms with Crippen LogP contribution in [0.2, 0.25) is 5.02 Å². The molecule has 4 aromatic rings. The van der Waals surface area contributed by atoms with Crippen LogP contribution < -0.4 is 20.7 Å². The van der Waals surface area contributed by atoms with Crippen LogP contribution in [0.1, 0.15) is 102 Å². The lowest BCUT2D eigenvalue weighted by atomic mass is 9.49. The Hall–Kier alpha value is -5.81. The van der Waals surface area contributed by atoms with E-state index in [0.29, 0.717) is 47.2 Å². The van der Waals surface area contributed by atoms with Crippen LogP contribution >= 0.6 is 11.6 Å². The minimum Gasteiger partial charge on any atom is -0.489 e. The molecule has 1 saturated heterocycles. The molecule has 356 valence electrons. The third-order valence-electron chi connectivity index (χ3n) is 13.2. The number of Topliss-reactive ketones (excluding diaryl/α,β-unsaturated/α-hetero) is 1. The first-order valence-corrected chi connectivity index (χ1v) is 23.5. The summed E-state index contributed by atoms with van der Waals surface area (Å²) in [6.45, 7) is 20.2. The highest BCUT2D eigenvalue weighted by Gasteiger charge is 2.64. The number of halogens is 1. The quantitative estimate of drug-likeness (QED) is 0.0587. The number of anilines is 1. The minimum absolute atomic E-state index is 0.0494. The zero-order valence-electron chi connectivity index (χ0n) is 39.9. The largest absolute Gasteiger partial charge is 0.489 e. The van der Waals surface area contributed by atoms with E-state index in [0.717, 1.165) is 48.2 Å². The van der Waals surface area contributed by atoms with Crippen LogP contribution in [0, 0.1) is 33.5 Å². The van der Waals surface area contributed by atoms with Crippen LogP contribution in [-0.2, 0) is 20.9 Å². The van der Waals surface area contributed by atoms with Crippen LogP contribution in [0.3, 0.4) is 0 Å². The number of nitriles is 1. The first-order valence-electron chi connectivity index (χ1n) is 23.2. The zero-order valence-corrected chi connectivity index (χ0v) is 40.7. The molecule has 1 aliphatic carbocycles. The standard InChI is InChI=1S/C53H66ClN7O6/c1-34(59-28-35-12-14-36(15-13-35)39-29-56-33-57-30-39)46-25-41(62)31-61(46)48(65)44(51(2,3)4)24-42(63)32-66-23-11-9-10-22-58-40-19-16-37(17-20-40)47(64)60-49-52(5,6)50(53(49,7)8)67-43-21-18-38(27-55)45(54)26-43/h12-21,26,29-30,33,41,44,46,49-50,58-59,62H,1,9-11,22-25,28,31-32H2,2-8H3,(H,60,64)/t41-,44-,46+,49?,50?/m1/s1. The van der Waals surface area contributed by atoms with E-state index in [1.54, 1.807) is 35.5 Å². The molecule has 2 heterocycles. The highest BCUT2D eigenvalue weighted by atomic mass is 35.5. The maximum atomic E-state index is 14.1. The smallest absolute Gasteiger partial charge is 0.251 e. The second-order valence-electron chi connectivity index (χ2n) is 20.2. The SMILES string of the molecule is C=C(NCc1ccc(-c2cncnc2)cc1)[C@@H]1C[C@@H](O)CN1C(=O)[C@@H](CC(=O)COCCCCCNc1ccc(C(=O)NC2C(C)(C)C(Oc3ccc(C#N)c(Cl)c3)C2(C)C)cc1)C(C)(C)C. The Labute approximate surface area is 400 Å². The number of nitrogens with zero attached hydrogens (tertiary/aromatic N) is 4. The van der Waals surface area contributed by atoms with Crippen LogP contribution in [-0.4, -0.2) is 88.2 Å². The van der Waals surface area contributed by atoms with E-state index in [2.05, 4.69) is 66.3 Å². The molecule has 0 radical (unpaired) electrons. The number of carbonyl (C=O) groups is 3.